The van der Waals surface area contributed by atoms with Crippen LogP contribution in [0.15, 0.2) is 12.5 Å². The van der Waals surface area contributed by atoms with E-state index in [0.717, 1.165) is 31.4 Å². The molecule has 0 unspecified atom stereocenters. The quantitative estimate of drug-likeness (QED) is 0.0615. The first-order valence-electron chi connectivity index (χ1n) is 21.2. The van der Waals surface area contributed by atoms with Crippen molar-refractivity contribution in [2.24, 2.45) is 0 Å². The zero-order valence-corrected chi connectivity index (χ0v) is 32.0. The molecule has 0 saturated heterocycles. The van der Waals surface area contributed by atoms with E-state index in [1.807, 2.05) is 0 Å². The molecule has 1 atom stereocenters. The molecule has 0 aliphatic carbocycles. The van der Waals surface area contributed by atoms with Crippen LogP contribution in [-0.4, -0.2) is 34.4 Å². The number of aromatic amines is 1. The van der Waals surface area contributed by atoms with Crippen molar-refractivity contribution in [1.29, 1.82) is 0 Å². The van der Waals surface area contributed by atoms with Gasteiger partial charge in [-0.2, -0.15) is 0 Å². The van der Waals surface area contributed by atoms with Crippen LogP contribution in [0.3, 0.4) is 0 Å². The fraction of sp³-hybridized carbons (Fsp3) is 0.881. The molecule has 6 nitrogen and oxygen atoms in total. The lowest BCUT2D eigenvalue weighted by atomic mass is 10.0. The lowest BCUT2D eigenvalue weighted by molar-refractivity contribution is -0.129. The van der Waals surface area contributed by atoms with Gasteiger partial charge in [0.2, 0.25) is 11.8 Å². The molecule has 2 amide bonds. The SMILES string of the molecule is CCCCCCCCCCCCCCCCCCNC(=O)[C@H](Cc1cnc[nH]1)NC(=O)CCCCCCCCCCCCCCCCC. The largest absolute Gasteiger partial charge is 0.354 e. The summed E-state index contributed by atoms with van der Waals surface area (Å²) >= 11 is 0. The van der Waals surface area contributed by atoms with Crippen LogP contribution in [0.25, 0.3) is 0 Å². The van der Waals surface area contributed by atoms with E-state index in [-0.39, 0.29) is 11.8 Å². The molecular weight excluding hydrogens is 592 g/mol. The number of amides is 2. The molecule has 1 aromatic rings. The fourth-order valence-electron chi connectivity index (χ4n) is 6.76. The summed E-state index contributed by atoms with van der Waals surface area (Å²) in [6.45, 7) is 5.24. The molecule has 1 rings (SSSR count). The number of hydrogen-bond acceptors (Lipinski definition) is 3. The van der Waals surface area contributed by atoms with Gasteiger partial charge < -0.3 is 15.6 Å². The topological polar surface area (TPSA) is 86.9 Å². The number of rotatable bonds is 37. The minimum atomic E-state index is -0.560. The first kappa shape index (κ1) is 44.2. The molecular formula is C42H80N4O2. The molecule has 1 aromatic heterocycles. The van der Waals surface area contributed by atoms with E-state index < -0.39 is 6.04 Å². The van der Waals surface area contributed by atoms with Gasteiger partial charge in [-0.25, -0.2) is 4.98 Å². The maximum absolute atomic E-state index is 13.0. The lowest BCUT2D eigenvalue weighted by Gasteiger charge is -2.18. The van der Waals surface area contributed by atoms with Crippen LogP contribution in [0, 0.1) is 0 Å². The molecule has 6 heteroatoms. The summed E-state index contributed by atoms with van der Waals surface area (Å²) in [6.07, 6.45) is 45.4. The van der Waals surface area contributed by atoms with E-state index in [9.17, 15) is 9.59 Å². The summed E-state index contributed by atoms with van der Waals surface area (Å²) in [5, 5.41) is 6.10. The lowest BCUT2D eigenvalue weighted by Crippen LogP contribution is -2.48. The Labute approximate surface area is 298 Å². The van der Waals surface area contributed by atoms with Crippen molar-refractivity contribution in [3.05, 3.63) is 18.2 Å². The Bertz CT molecular complexity index is 813. The Morgan fingerprint density at radius 3 is 1.31 bits per heavy atom. The maximum atomic E-state index is 13.0. The van der Waals surface area contributed by atoms with Gasteiger partial charge in [-0.05, 0) is 12.8 Å². The van der Waals surface area contributed by atoms with Crippen molar-refractivity contribution >= 4 is 11.8 Å². The Hall–Kier alpha value is -1.85. The van der Waals surface area contributed by atoms with E-state index in [2.05, 4.69) is 34.4 Å². The third-order valence-corrected chi connectivity index (χ3v) is 9.97. The van der Waals surface area contributed by atoms with Crippen LogP contribution in [0.4, 0.5) is 0 Å². The second-order valence-corrected chi connectivity index (χ2v) is 14.7. The fourth-order valence-corrected chi connectivity index (χ4v) is 6.76. The van der Waals surface area contributed by atoms with Gasteiger partial charge in [0.05, 0.1) is 6.33 Å². The van der Waals surface area contributed by atoms with Gasteiger partial charge >= 0.3 is 0 Å². The Balaban J connectivity index is 2.05. The summed E-state index contributed by atoms with van der Waals surface area (Å²) in [6, 6.07) is -0.560. The predicted molar refractivity (Wildman–Crippen MR) is 206 cm³/mol. The van der Waals surface area contributed by atoms with Crippen molar-refractivity contribution in [1.82, 2.24) is 20.6 Å². The average Bonchev–Trinajstić information content (AvgIpc) is 3.60. The molecule has 0 bridgehead atoms. The highest BCUT2D eigenvalue weighted by molar-refractivity contribution is 5.87. The molecule has 0 radical (unpaired) electrons. The highest BCUT2D eigenvalue weighted by atomic mass is 16.2. The highest BCUT2D eigenvalue weighted by Gasteiger charge is 2.21. The molecule has 280 valence electrons. The molecule has 0 aliphatic rings. The van der Waals surface area contributed by atoms with Crippen LogP contribution in [0.2, 0.25) is 0 Å². The average molecular weight is 673 g/mol. The van der Waals surface area contributed by atoms with Gasteiger partial charge in [0.1, 0.15) is 6.04 Å². The van der Waals surface area contributed by atoms with Crippen LogP contribution in [0.1, 0.15) is 225 Å². The number of nitrogens with zero attached hydrogens (tertiary/aromatic N) is 1. The van der Waals surface area contributed by atoms with E-state index in [1.165, 1.54) is 173 Å². The normalized spacial score (nSPS) is 12.0. The molecule has 48 heavy (non-hydrogen) atoms. The molecule has 0 aromatic carbocycles. The molecule has 3 N–H and O–H groups in total. The number of nitrogens with one attached hydrogen (secondary N) is 3. The van der Waals surface area contributed by atoms with E-state index in [4.69, 9.17) is 0 Å². The number of hydrogen-bond donors (Lipinski definition) is 3. The van der Waals surface area contributed by atoms with Crippen molar-refractivity contribution in [2.45, 2.75) is 232 Å². The minimum absolute atomic E-state index is 0.0215. The predicted octanol–water partition coefficient (Wildman–Crippen LogP) is 12.1. The number of aromatic nitrogens is 2. The van der Waals surface area contributed by atoms with Crippen LogP contribution in [0.5, 0.6) is 0 Å². The van der Waals surface area contributed by atoms with E-state index >= 15 is 0 Å². The summed E-state index contributed by atoms with van der Waals surface area (Å²) in [5.41, 5.74) is 0.866. The summed E-state index contributed by atoms with van der Waals surface area (Å²) in [7, 11) is 0. The molecule has 0 fully saturated rings. The van der Waals surface area contributed by atoms with Gasteiger partial charge in [0, 0.05) is 31.3 Å². The highest BCUT2D eigenvalue weighted by Crippen LogP contribution is 2.15. The Morgan fingerprint density at radius 2 is 0.938 bits per heavy atom. The first-order chi connectivity index (χ1) is 23.7. The van der Waals surface area contributed by atoms with Crippen LogP contribution >= 0.6 is 0 Å². The van der Waals surface area contributed by atoms with Gasteiger partial charge in [0.25, 0.3) is 0 Å². The molecule has 1 heterocycles. The third-order valence-electron chi connectivity index (χ3n) is 9.97. The molecule has 0 aliphatic heterocycles. The molecule has 0 spiro atoms. The zero-order chi connectivity index (χ0) is 34.6. The second kappa shape index (κ2) is 35.0. The van der Waals surface area contributed by atoms with E-state index in [0.29, 0.717) is 19.4 Å². The minimum Gasteiger partial charge on any atom is -0.354 e. The van der Waals surface area contributed by atoms with Gasteiger partial charge in [-0.1, -0.05) is 200 Å². The smallest absolute Gasteiger partial charge is 0.242 e. The maximum Gasteiger partial charge on any atom is 0.242 e. The standard InChI is InChI=1S/C42H80N4O2/c1-3-5-7-9-11-13-15-17-19-21-23-25-27-29-31-33-35-44-42(48)40(36-39-37-43-38-45-39)46-41(47)34-32-30-28-26-24-22-20-18-16-14-12-10-8-6-4-2/h37-38,40H,3-36H2,1-2H3,(H,43,45)(H,44,48)(H,46,47)/t40-/m0/s1. The summed E-state index contributed by atoms with van der Waals surface area (Å²) in [4.78, 5) is 32.9. The first-order valence-corrected chi connectivity index (χ1v) is 21.2. The van der Waals surface area contributed by atoms with Gasteiger partial charge in [0.15, 0.2) is 0 Å². The van der Waals surface area contributed by atoms with Crippen LogP contribution < -0.4 is 10.6 Å². The van der Waals surface area contributed by atoms with Gasteiger partial charge in [-0.3, -0.25) is 9.59 Å². The molecule has 0 saturated carbocycles. The number of imidazole rings is 1. The summed E-state index contributed by atoms with van der Waals surface area (Å²) < 4.78 is 0. The van der Waals surface area contributed by atoms with Crippen molar-refractivity contribution in [3.8, 4) is 0 Å². The van der Waals surface area contributed by atoms with Crippen molar-refractivity contribution in [3.63, 3.8) is 0 Å². The van der Waals surface area contributed by atoms with Crippen molar-refractivity contribution in [2.75, 3.05) is 6.54 Å². The zero-order valence-electron chi connectivity index (χ0n) is 32.0. The van der Waals surface area contributed by atoms with Crippen LogP contribution in [-0.2, 0) is 16.0 Å². The summed E-state index contributed by atoms with van der Waals surface area (Å²) in [5.74, 6) is -0.109. The van der Waals surface area contributed by atoms with Gasteiger partial charge in [-0.15, -0.1) is 0 Å². The third kappa shape index (κ3) is 29.1. The number of H-pyrrole nitrogens is 1. The number of carbonyl (C=O) groups is 2. The van der Waals surface area contributed by atoms with E-state index in [1.54, 1.807) is 12.5 Å². The monoisotopic (exact) mass is 673 g/mol. The number of unbranched alkanes of at least 4 members (excludes halogenated alkanes) is 29. The van der Waals surface area contributed by atoms with Crippen molar-refractivity contribution < 1.29 is 9.59 Å². The Kier molecular flexibility index (Phi) is 32.2. The number of carbonyl (C=O) groups excluding carboxylic acids is 2. The second-order valence-electron chi connectivity index (χ2n) is 14.7. The Morgan fingerprint density at radius 1 is 0.562 bits per heavy atom.